The second-order valence-electron chi connectivity index (χ2n) is 4.92. The standard InChI is InChI=1S/C14H15N3O3S2/c1-10-16-9-12(21-10)22(19,20)17-8-7-15-14(18)13(17)11-5-3-2-4-6-11/h2-6,9,13H,7-8H2,1H3,(H,15,18)/t13-/m1/s1. The number of aryl methyl sites for hydroxylation is 1. The number of nitrogens with one attached hydrogen (secondary N) is 1. The van der Waals surface area contributed by atoms with Crippen LogP contribution in [0.1, 0.15) is 16.6 Å². The molecule has 3 rings (SSSR count). The summed E-state index contributed by atoms with van der Waals surface area (Å²) in [6.07, 6.45) is 1.35. The third kappa shape index (κ3) is 2.65. The molecular weight excluding hydrogens is 322 g/mol. The van der Waals surface area contributed by atoms with Gasteiger partial charge in [-0.25, -0.2) is 13.4 Å². The van der Waals surface area contributed by atoms with Crippen LogP contribution in [0.4, 0.5) is 0 Å². The molecule has 0 radical (unpaired) electrons. The first kappa shape index (κ1) is 15.1. The maximum Gasteiger partial charge on any atom is 0.255 e. The summed E-state index contributed by atoms with van der Waals surface area (Å²) < 4.78 is 27.1. The molecule has 2 heterocycles. The molecule has 1 aromatic heterocycles. The van der Waals surface area contributed by atoms with Gasteiger partial charge in [-0.05, 0) is 12.5 Å². The second kappa shape index (κ2) is 5.79. The van der Waals surface area contributed by atoms with E-state index in [1.165, 1.54) is 10.5 Å². The lowest BCUT2D eigenvalue weighted by Gasteiger charge is -2.33. The van der Waals surface area contributed by atoms with E-state index in [-0.39, 0.29) is 16.7 Å². The van der Waals surface area contributed by atoms with Crippen molar-refractivity contribution in [3.8, 4) is 0 Å². The molecule has 0 saturated carbocycles. The fraction of sp³-hybridized carbons (Fsp3) is 0.286. The second-order valence-corrected chi connectivity index (χ2v) is 8.27. The van der Waals surface area contributed by atoms with Gasteiger partial charge in [0.1, 0.15) is 6.04 Å². The van der Waals surface area contributed by atoms with E-state index in [2.05, 4.69) is 10.3 Å². The van der Waals surface area contributed by atoms with Crippen molar-refractivity contribution in [1.29, 1.82) is 0 Å². The average molecular weight is 337 g/mol. The Bertz CT molecular complexity index is 787. The largest absolute Gasteiger partial charge is 0.353 e. The third-order valence-corrected chi connectivity index (χ3v) is 6.66. The molecule has 8 heteroatoms. The van der Waals surface area contributed by atoms with E-state index in [0.29, 0.717) is 17.1 Å². The molecule has 1 aromatic carbocycles. The fourth-order valence-electron chi connectivity index (χ4n) is 2.43. The van der Waals surface area contributed by atoms with E-state index >= 15 is 0 Å². The Morgan fingerprint density at radius 1 is 1.32 bits per heavy atom. The number of amides is 1. The number of hydrogen-bond donors (Lipinski definition) is 1. The van der Waals surface area contributed by atoms with Crippen LogP contribution in [-0.4, -0.2) is 36.7 Å². The number of sulfonamides is 1. The van der Waals surface area contributed by atoms with Gasteiger partial charge in [-0.15, -0.1) is 11.3 Å². The van der Waals surface area contributed by atoms with Crippen LogP contribution in [0.3, 0.4) is 0 Å². The van der Waals surface area contributed by atoms with Crippen molar-refractivity contribution in [2.75, 3.05) is 13.1 Å². The number of hydrogen-bond acceptors (Lipinski definition) is 5. The zero-order valence-electron chi connectivity index (χ0n) is 11.9. The van der Waals surface area contributed by atoms with Crippen LogP contribution in [0, 0.1) is 6.92 Å². The van der Waals surface area contributed by atoms with Gasteiger partial charge in [-0.2, -0.15) is 4.31 Å². The summed E-state index contributed by atoms with van der Waals surface area (Å²) in [4.78, 5) is 16.3. The Morgan fingerprint density at radius 2 is 2.05 bits per heavy atom. The van der Waals surface area contributed by atoms with Crippen LogP contribution >= 0.6 is 11.3 Å². The molecule has 0 bridgehead atoms. The van der Waals surface area contributed by atoms with Crippen LogP contribution in [0.5, 0.6) is 0 Å². The lowest BCUT2D eigenvalue weighted by Crippen LogP contribution is -2.51. The Hall–Kier alpha value is -1.77. The highest BCUT2D eigenvalue weighted by atomic mass is 32.2. The van der Waals surface area contributed by atoms with Crippen molar-refractivity contribution in [3.05, 3.63) is 47.1 Å². The van der Waals surface area contributed by atoms with Crippen molar-refractivity contribution < 1.29 is 13.2 Å². The molecule has 1 aliphatic rings. The van der Waals surface area contributed by atoms with Gasteiger partial charge in [-0.1, -0.05) is 30.3 Å². The molecule has 0 aliphatic carbocycles. The Labute approximate surface area is 132 Å². The van der Waals surface area contributed by atoms with Gasteiger partial charge in [0.2, 0.25) is 5.91 Å². The molecule has 1 saturated heterocycles. The number of piperazine rings is 1. The van der Waals surface area contributed by atoms with Crippen LogP contribution in [-0.2, 0) is 14.8 Å². The van der Waals surface area contributed by atoms with E-state index in [1.54, 1.807) is 31.2 Å². The van der Waals surface area contributed by atoms with E-state index < -0.39 is 16.1 Å². The minimum Gasteiger partial charge on any atom is -0.353 e. The fourth-order valence-corrected chi connectivity index (χ4v) is 5.25. The first-order valence-electron chi connectivity index (χ1n) is 6.77. The highest BCUT2D eigenvalue weighted by Gasteiger charge is 2.40. The van der Waals surface area contributed by atoms with Crippen LogP contribution in [0.15, 0.2) is 40.7 Å². The minimum atomic E-state index is -3.74. The molecule has 1 N–H and O–H groups in total. The first-order chi connectivity index (χ1) is 10.5. The number of nitrogens with zero attached hydrogens (tertiary/aromatic N) is 2. The van der Waals surface area contributed by atoms with Crippen molar-refractivity contribution in [2.24, 2.45) is 0 Å². The zero-order chi connectivity index (χ0) is 15.7. The maximum atomic E-state index is 12.8. The van der Waals surface area contributed by atoms with Crippen molar-refractivity contribution in [2.45, 2.75) is 17.2 Å². The van der Waals surface area contributed by atoms with E-state index in [0.717, 1.165) is 11.3 Å². The topological polar surface area (TPSA) is 79.4 Å². The van der Waals surface area contributed by atoms with Gasteiger partial charge in [0.05, 0.1) is 11.2 Å². The van der Waals surface area contributed by atoms with Gasteiger partial charge in [0.15, 0.2) is 4.21 Å². The number of thiazole rings is 1. The summed E-state index contributed by atoms with van der Waals surface area (Å²) in [5.41, 5.74) is 0.657. The molecule has 1 fully saturated rings. The minimum absolute atomic E-state index is 0.167. The van der Waals surface area contributed by atoms with E-state index in [9.17, 15) is 13.2 Å². The molecule has 0 unspecified atom stereocenters. The number of rotatable bonds is 3. The number of aromatic nitrogens is 1. The van der Waals surface area contributed by atoms with Crippen LogP contribution in [0.25, 0.3) is 0 Å². The summed E-state index contributed by atoms with van der Waals surface area (Å²) in [5.74, 6) is -0.303. The Kier molecular flexibility index (Phi) is 3.98. The average Bonchev–Trinajstić information content (AvgIpc) is 2.95. The molecule has 6 nitrogen and oxygen atoms in total. The summed E-state index contributed by atoms with van der Waals surface area (Å²) in [7, 11) is -3.74. The summed E-state index contributed by atoms with van der Waals surface area (Å²) in [6.45, 7) is 2.30. The molecule has 2 aromatic rings. The SMILES string of the molecule is Cc1ncc(S(=O)(=O)N2CCNC(=O)[C@H]2c2ccccc2)s1. The van der Waals surface area contributed by atoms with Gasteiger partial charge in [0.25, 0.3) is 10.0 Å². The van der Waals surface area contributed by atoms with E-state index in [1.807, 2.05) is 6.07 Å². The summed E-state index contributed by atoms with van der Waals surface area (Å²) in [6, 6.07) is 8.08. The maximum absolute atomic E-state index is 12.8. The van der Waals surface area contributed by atoms with Crippen molar-refractivity contribution >= 4 is 27.3 Å². The van der Waals surface area contributed by atoms with Gasteiger partial charge in [-0.3, -0.25) is 4.79 Å². The number of carbonyl (C=O) groups excluding carboxylic acids is 1. The van der Waals surface area contributed by atoms with Crippen LogP contribution in [0.2, 0.25) is 0 Å². The molecule has 1 atom stereocenters. The van der Waals surface area contributed by atoms with Gasteiger partial charge in [0, 0.05) is 13.1 Å². The monoisotopic (exact) mass is 337 g/mol. The highest BCUT2D eigenvalue weighted by Crippen LogP contribution is 2.31. The van der Waals surface area contributed by atoms with Crippen LogP contribution < -0.4 is 5.32 Å². The van der Waals surface area contributed by atoms with Gasteiger partial charge >= 0.3 is 0 Å². The molecule has 1 aliphatic heterocycles. The molecule has 0 spiro atoms. The van der Waals surface area contributed by atoms with Crippen molar-refractivity contribution in [3.63, 3.8) is 0 Å². The molecule has 116 valence electrons. The van der Waals surface area contributed by atoms with Gasteiger partial charge < -0.3 is 5.32 Å². The summed E-state index contributed by atoms with van der Waals surface area (Å²) in [5, 5.41) is 3.41. The number of carbonyl (C=O) groups is 1. The third-order valence-electron chi connectivity index (χ3n) is 3.45. The lowest BCUT2D eigenvalue weighted by molar-refractivity contribution is -0.126. The molecule has 1 amide bonds. The van der Waals surface area contributed by atoms with E-state index in [4.69, 9.17) is 0 Å². The predicted octanol–water partition coefficient (Wildman–Crippen LogP) is 1.31. The Morgan fingerprint density at radius 3 is 2.68 bits per heavy atom. The quantitative estimate of drug-likeness (QED) is 0.916. The van der Waals surface area contributed by atoms with Crippen molar-refractivity contribution in [1.82, 2.24) is 14.6 Å². The molecular formula is C14H15N3O3S2. The zero-order valence-corrected chi connectivity index (χ0v) is 13.5. The lowest BCUT2D eigenvalue weighted by atomic mass is 10.1. The Balaban J connectivity index is 2.05. The first-order valence-corrected chi connectivity index (χ1v) is 9.03. The highest BCUT2D eigenvalue weighted by molar-refractivity contribution is 7.91. The number of benzene rings is 1. The predicted molar refractivity (Wildman–Crippen MR) is 82.9 cm³/mol. The normalized spacial score (nSPS) is 19.9. The summed E-state index contributed by atoms with van der Waals surface area (Å²) >= 11 is 1.11. The molecule has 22 heavy (non-hydrogen) atoms. The smallest absolute Gasteiger partial charge is 0.255 e.